The average Bonchev–Trinajstić information content (AvgIpc) is 3.09. The maximum absolute atomic E-state index is 12.5. The third-order valence-electron chi connectivity index (χ3n) is 4.26. The minimum Gasteiger partial charge on any atom is -0.481 e. The molecule has 1 amide bonds. The Bertz CT molecular complexity index is 818. The Labute approximate surface area is 142 Å². The highest BCUT2D eigenvalue weighted by atomic mass is 16.5. The summed E-state index contributed by atoms with van der Waals surface area (Å²) in [6, 6.07) is 6.35. The quantitative estimate of drug-likeness (QED) is 0.752. The molecule has 1 fully saturated rings. The predicted octanol–water partition coefficient (Wildman–Crippen LogP) is 1.39. The van der Waals surface area contributed by atoms with Gasteiger partial charge in [0.1, 0.15) is 11.3 Å². The van der Waals surface area contributed by atoms with Crippen LogP contribution in [0.2, 0.25) is 0 Å². The number of nitrogens with one attached hydrogen (secondary N) is 2. The summed E-state index contributed by atoms with van der Waals surface area (Å²) in [6.45, 7) is 0.725. The first-order valence-corrected chi connectivity index (χ1v) is 7.88. The normalized spacial score (nSPS) is 16.3. The first-order valence-electron chi connectivity index (χ1n) is 7.88. The van der Waals surface area contributed by atoms with Crippen LogP contribution in [0.5, 0.6) is 0 Å². The molecule has 2 aromatic heterocycles. The van der Waals surface area contributed by atoms with E-state index in [0.717, 1.165) is 0 Å². The Balaban J connectivity index is 1.82. The van der Waals surface area contributed by atoms with Gasteiger partial charge in [0.15, 0.2) is 0 Å². The number of aliphatic carboxylic acids is 1. The van der Waals surface area contributed by atoms with E-state index >= 15 is 0 Å². The van der Waals surface area contributed by atoms with Crippen molar-refractivity contribution < 1.29 is 23.8 Å². The van der Waals surface area contributed by atoms with Gasteiger partial charge in [0, 0.05) is 13.2 Å². The summed E-state index contributed by atoms with van der Waals surface area (Å²) in [5.41, 5.74) is -1.10. The summed E-state index contributed by atoms with van der Waals surface area (Å²) < 4.78 is 10.5. The molecule has 0 unspecified atom stereocenters. The molecule has 0 radical (unpaired) electrons. The Morgan fingerprint density at radius 1 is 1.24 bits per heavy atom. The molecule has 1 aliphatic rings. The van der Waals surface area contributed by atoms with Gasteiger partial charge >= 0.3 is 5.97 Å². The van der Waals surface area contributed by atoms with Crippen molar-refractivity contribution in [1.82, 2.24) is 10.3 Å². The van der Waals surface area contributed by atoms with Gasteiger partial charge in [0.25, 0.3) is 11.5 Å². The van der Waals surface area contributed by atoms with E-state index in [1.54, 1.807) is 18.2 Å². The standard InChI is InChI=1S/C17H18N2O6/c20-14(21)10-17(5-8-24-9-6-17)19-16(23)11-3-4-12(18-15(11)22)13-2-1-7-25-13/h1-4,7H,5-6,8-10H2,(H,18,22)(H,19,23)(H,20,21). The fraction of sp³-hybridized carbons (Fsp3) is 0.353. The van der Waals surface area contributed by atoms with Crippen LogP contribution < -0.4 is 10.9 Å². The summed E-state index contributed by atoms with van der Waals surface area (Å²) >= 11 is 0. The monoisotopic (exact) mass is 346 g/mol. The lowest BCUT2D eigenvalue weighted by atomic mass is 9.86. The van der Waals surface area contributed by atoms with Crippen LogP contribution in [-0.2, 0) is 9.53 Å². The van der Waals surface area contributed by atoms with Crippen LogP contribution in [0.1, 0.15) is 29.6 Å². The molecule has 0 bridgehead atoms. The van der Waals surface area contributed by atoms with E-state index in [2.05, 4.69) is 10.3 Å². The molecule has 0 spiro atoms. The second kappa shape index (κ2) is 6.94. The third-order valence-corrected chi connectivity index (χ3v) is 4.26. The van der Waals surface area contributed by atoms with Crippen molar-refractivity contribution in [2.24, 2.45) is 0 Å². The molecule has 132 valence electrons. The number of aromatic nitrogens is 1. The number of ether oxygens (including phenoxy) is 1. The number of carboxylic acids is 1. The predicted molar refractivity (Wildman–Crippen MR) is 87.3 cm³/mol. The highest BCUT2D eigenvalue weighted by Gasteiger charge is 2.37. The summed E-state index contributed by atoms with van der Waals surface area (Å²) in [4.78, 5) is 38.5. The van der Waals surface area contributed by atoms with Gasteiger partial charge in [0.2, 0.25) is 0 Å². The zero-order valence-corrected chi connectivity index (χ0v) is 13.4. The van der Waals surface area contributed by atoms with E-state index in [-0.39, 0.29) is 12.0 Å². The minimum atomic E-state index is -1.01. The number of rotatable bonds is 5. The van der Waals surface area contributed by atoms with E-state index in [0.29, 0.717) is 37.5 Å². The van der Waals surface area contributed by atoms with Gasteiger partial charge in [-0.3, -0.25) is 14.4 Å². The molecule has 1 aliphatic heterocycles. The first-order chi connectivity index (χ1) is 12.0. The molecule has 2 aromatic rings. The van der Waals surface area contributed by atoms with Crippen molar-refractivity contribution in [2.75, 3.05) is 13.2 Å². The third kappa shape index (κ3) is 3.80. The van der Waals surface area contributed by atoms with Gasteiger partial charge in [-0.25, -0.2) is 0 Å². The number of amides is 1. The Hall–Kier alpha value is -2.87. The molecule has 25 heavy (non-hydrogen) atoms. The zero-order valence-electron chi connectivity index (χ0n) is 13.4. The van der Waals surface area contributed by atoms with Gasteiger partial charge in [-0.15, -0.1) is 0 Å². The van der Waals surface area contributed by atoms with Crippen molar-refractivity contribution in [3.63, 3.8) is 0 Å². The molecule has 0 aliphatic carbocycles. The van der Waals surface area contributed by atoms with E-state index in [9.17, 15) is 14.4 Å². The smallest absolute Gasteiger partial charge is 0.305 e. The SMILES string of the molecule is O=C(O)CC1(NC(=O)c2ccc(-c3ccco3)[nH]c2=O)CCOCC1. The highest BCUT2D eigenvalue weighted by Crippen LogP contribution is 2.25. The van der Waals surface area contributed by atoms with Gasteiger partial charge in [0.05, 0.1) is 23.9 Å². The van der Waals surface area contributed by atoms with Crippen LogP contribution >= 0.6 is 0 Å². The molecule has 3 N–H and O–H groups in total. The summed E-state index contributed by atoms with van der Waals surface area (Å²) in [7, 11) is 0. The van der Waals surface area contributed by atoms with E-state index in [1.165, 1.54) is 12.3 Å². The minimum absolute atomic E-state index is 0.0773. The van der Waals surface area contributed by atoms with Crippen molar-refractivity contribution in [2.45, 2.75) is 24.8 Å². The van der Waals surface area contributed by atoms with Crippen LogP contribution in [0.3, 0.4) is 0 Å². The van der Waals surface area contributed by atoms with Gasteiger partial charge in [-0.05, 0) is 37.1 Å². The maximum Gasteiger partial charge on any atom is 0.305 e. The summed E-state index contributed by atoms with van der Waals surface area (Å²) in [6.07, 6.45) is 2.03. The van der Waals surface area contributed by atoms with Crippen molar-refractivity contribution >= 4 is 11.9 Å². The second-order valence-electron chi connectivity index (χ2n) is 6.01. The number of hydrogen-bond acceptors (Lipinski definition) is 5. The first kappa shape index (κ1) is 17.0. The zero-order chi connectivity index (χ0) is 17.9. The number of carboxylic acid groups (broad SMARTS) is 1. The highest BCUT2D eigenvalue weighted by molar-refractivity contribution is 5.94. The molecular formula is C17H18N2O6. The largest absolute Gasteiger partial charge is 0.481 e. The van der Waals surface area contributed by atoms with Crippen molar-refractivity contribution in [3.8, 4) is 11.5 Å². The average molecular weight is 346 g/mol. The Kier molecular flexibility index (Phi) is 4.71. The Morgan fingerprint density at radius 2 is 2.00 bits per heavy atom. The summed E-state index contributed by atoms with van der Waals surface area (Å²) in [5, 5.41) is 11.9. The second-order valence-corrected chi connectivity index (χ2v) is 6.01. The lowest BCUT2D eigenvalue weighted by molar-refractivity contribution is -0.139. The fourth-order valence-electron chi connectivity index (χ4n) is 2.93. The van der Waals surface area contributed by atoms with Crippen LogP contribution in [0.15, 0.2) is 39.7 Å². The molecule has 0 atom stereocenters. The maximum atomic E-state index is 12.5. The van der Waals surface area contributed by atoms with Gasteiger partial charge < -0.3 is 24.6 Å². The number of carbonyl (C=O) groups excluding carboxylic acids is 1. The molecule has 3 rings (SSSR count). The molecule has 0 saturated carbocycles. The summed E-state index contributed by atoms with van der Waals surface area (Å²) in [5.74, 6) is -1.13. The lowest BCUT2D eigenvalue weighted by Crippen LogP contribution is -2.53. The van der Waals surface area contributed by atoms with Crippen LogP contribution in [0.4, 0.5) is 0 Å². The van der Waals surface area contributed by atoms with Crippen molar-refractivity contribution in [3.05, 3.63) is 46.4 Å². The molecular weight excluding hydrogens is 328 g/mol. The molecule has 0 aromatic carbocycles. The molecule has 8 nitrogen and oxygen atoms in total. The molecule has 1 saturated heterocycles. The fourth-order valence-corrected chi connectivity index (χ4v) is 2.93. The van der Waals surface area contributed by atoms with Crippen molar-refractivity contribution in [1.29, 1.82) is 0 Å². The number of pyridine rings is 1. The van der Waals surface area contributed by atoms with E-state index in [1.807, 2.05) is 0 Å². The molecule has 3 heterocycles. The van der Waals surface area contributed by atoms with E-state index in [4.69, 9.17) is 14.3 Å². The number of furan rings is 1. The number of aromatic amines is 1. The molecule has 8 heteroatoms. The van der Waals surface area contributed by atoms with Crippen LogP contribution in [0, 0.1) is 0 Å². The Morgan fingerprint density at radius 3 is 2.60 bits per heavy atom. The van der Waals surface area contributed by atoms with Gasteiger partial charge in [-0.1, -0.05) is 0 Å². The van der Waals surface area contributed by atoms with Crippen LogP contribution in [-0.4, -0.2) is 40.7 Å². The number of carbonyl (C=O) groups is 2. The number of hydrogen-bond donors (Lipinski definition) is 3. The lowest BCUT2D eigenvalue weighted by Gasteiger charge is -2.36. The topological polar surface area (TPSA) is 122 Å². The van der Waals surface area contributed by atoms with Crippen LogP contribution in [0.25, 0.3) is 11.5 Å². The van der Waals surface area contributed by atoms with E-state index < -0.39 is 23.0 Å². The van der Waals surface area contributed by atoms with Gasteiger partial charge in [-0.2, -0.15) is 0 Å². The number of H-pyrrole nitrogens is 1.